The summed E-state index contributed by atoms with van der Waals surface area (Å²) in [5.74, 6) is 0.699. The van der Waals surface area contributed by atoms with Crippen molar-refractivity contribution in [1.82, 2.24) is 4.90 Å². The van der Waals surface area contributed by atoms with Gasteiger partial charge in [-0.15, -0.1) is 6.58 Å². The zero-order valence-electron chi connectivity index (χ0n) is 7.05. The molecule has 0 saturated carbocycles. The lowest BCUT2D eigenvalue weighted by atomic mass is 9.81. The fraction of sp³-hybridized carbons (Fsp3) is 0.778. The lowest BCUT2D eigenvalue weighted by Gasteiger charge is -2.21. The predicted molar refractivity (Wildman–Crippen MR) is 44.4 cm³/mol. The van der Waals surface area contributed by atoms with Crippen LogP contribution in [0.2, 0.25) is 0 Å². The van der Waals surface area contributed by atoms with Gasteiger partial charge < -0.3 is 9.64 Å². The monoisotopic (exact) mass is 153 g/mol. The maximum absolute atomic E-state index is 5.46. The molecule has 0 bridgehead atoms. The fourth-order valence-electron chi connectivity index (χ4n) is 2.32. The molecule has 2 heteroatoms. The van der Waals surface area contributed by atoms with Crippen LogP contribution in [0.25, 0.3) is 0 Å². The molecular weight excluding hydrogens is 138 g/mol. The van der Waals surface area contributed by atoms with Crippen LogP contribution in [-0.4, -0.2) is 38.3 Å². The Morgan fingerprint density at radius 2 is 2.55 bits per heavy atom. The van der Waals surface area contributed by atoms with Crippen LogP contribution in [0.15, 0.2) is 12.7 Å². The largest absolute Gasteiger partial charge is 0.380 e. The molecule has 2 nitrogen and oxygen atoms in total. The predicted octanol–water partition coefficient (Wildman–Crippen LogP) is 0.751. The van der Waals surface area contributed by atoms with Crippen molar-refractivity contribution in [1.29, 1.82) is 0 Å². The fourth-order valence-corrected chi connectivity index (χ4v) is 2.32. The van der Waals surface area contributed by atoms with E-state index in [0.29, 0.717) is 5.92 Å². The molecule has 0 spiro atoms. The summed E-state index contributed by atoms with van der Waals surface area (Å²) in [7, 11) is 2.17. The summed E-state index contributed by atoms with van der Waals surface area (Å²) >= 11 is 0. The first kappa shape index (κ1) is 7.32. The van der Waals surface area contributed by atoms with E-state index in [0.717, 1.165) is 19.8 Å². The normalized spacial score (nSPS) is 44.3. The summed E-state index contributed by atoms with van der Waals surface area (Å²) in [5, 5.41) is 0. The zero-order valence-corrected chi connectivity index (χ0v) is 7.05. The Bertz CT molecular complexity index is 180. The smallest absolute Gasteiger partial charge is 0.0573 e. The first-order valence-corrected chi connectivity index (χ1v) is 4.17. The Kier molecular flexibility index (Phi) is 1.55. The van der Waals surface area contributed by atoms with Gasteiger partial charge in [-0.1, -0.05) is 6.08 Å². The van der Waals surface area contributed by atoms with Crippen molar-refractivity contribution in [2.45, 2.75) is 0 Å². The van der Waals surface area contributed by atoms with Crippen molar-refractivity contribution in [3.63, 3.8) is 0 Å². The van der Waals surface area contributed by atoms with E-state index < -0.39 is 0 Å². The molecule has 2 fully saturated rings. The number of ether oxygens (including phenoxy) is 1. The second kappa shape index (κ2) is 2.32. The summed E-state index contributed by atoms with van der Waals surface area (Å²) in [6, 6.07) is 0. The maximum atomic E-state index is 5.46. The van der Waals surface area contributed by atoms with E-state index in [2.05, 4.69) is 24.6 Å². The molecule has 2 rings (SSSR count). The number of likely N-dealkylation sites (tertiary alicyclic amines) is 1. The first-order valence-electron chi connectivity index (χ1n) is 4.17. The van der Waals surface area contributed by atoms with E-state index in [-0.39, 0.29) is 5.41 Å². The summed E-state index contributed by atoms with van der Waals surface area (Å²) in [6.45, 7) is 8.01. The number of nitrogens with zero attached hydrogens (tertiary/aromatic N) is 1. The van der Waals surface area contributed by atoms with E-state index in [1.165, 1.54) is 6.54 Å². The number of rotatable bonds is 1. The van der Waals surface area contributed by atoms with Gasteiger partial charge in [0.25, 0.3) is 0 Å². The van der Waals surface area contributed by atoms with Gasteiger partial charge in [-0.3, -0.25) is 0 Å². The van der Waals surface area contributed by atoms with Gasteiger partial charge in [-0.2, -0.15) is 0 Å². The van der Waals surface area contributed by atoms with Gasteiger partial charge in [0.05, 0.1) is 13.2 Å². The molecular formula is C9H15NO. The number of fused-ring (bicyclic) bond motifs is 1. The van der Waals surface area contributed by atoms with Gasteiger partial charge >= 0.3 is 0 Å². The Labute approximate surface area is 67.8 Å². The van der Waals surface area contributed by atoms with Gasteiger partial charge in [-0.25, -0.2) is 0 Å². The molecule has 0 unspecified atom stereocenters. The van der Waals surface area contributed by atoms with Crippen molar-refractivity contribution >= 4 is 0 Å². The van der Waals surface area contributed by atoms with Crippen LogP contribution in [0.1, 0.15) is 0 Å². The molecule has 0 radical (unpaired) electrons. The van der Waals surface area contributed by atoms with Crippen LogP contribution >= 0.6 is 0 Å². The minimum Gasteiger partial charge on any atom is -0.380 e. The molecule has 62 valence electrons. The molecule has 2 heterocycles. The second-order valence-corrected chi connectivity index (χ2v) is 3.85. The summed E-state index contributed by atoms with van der Waals surface area (Å²) < 4.78 is 5.46. The van der Waals surface area contributed by atoms with Crippen LogP contribution in [-0.2, 0) is 4.74 Å². The molecule has 11 heavy (non-hydrogen) atoms. The highest BCUT2D eigenvalue weighted by Gasteiger charge is 2.47. The van der Waals surface area contributed by atoms with E-state index in [4.69, 9.17) is 4.74 Å². The standard InChI is InChI=1S/C9H15NO/c1-3-9-6-10(2)4-8(9)5-11-7-9/h3,8H,1,4-7H2,2H3/t8-,9+/m1/s1. The molecule has 0 aromatic heterocycles. The summed E-state index contributed by atoms with van der Waals surface area (Å²) in [5.41, 5.74) is 0.286. The number of hydrogen-bond acceptors (Lipinski definition) is 2. The van der Waals surface area contributed by atoms with Crippen molar-refractivity contribution < 1.29 is 4.74 Å². The lowest BCUT2D eigenvalue weighted by molar-refractivity contribution is 0.149. The minimum atomic E-state index is 0.286. The van der Waals surface area contributed by atoms with Gasteiger partial charge in [0, 0.05) is 24.4 Å². The van der Waals surface area contributed by atoms with Crippen molar-refractivity contribution in [3.05, 3.63) is 12.7 Å². The highest BCUT2D eigenvalue weighted by Crippen LogP contribution is 2.41. The summed E-state index contributed by atoms with van der Waals surface area (Å²) in [4.78, 5) is 2.37. The highest BCUT2D eigenvalue weighted by molar-refractivity contribution is 5.08. The summed E-state index contributed by atoms with van der Waals surface area (Å²) in [6.07, 6.45) is 2.09. The van der Waals surface area contributed by atoms with Crippen molar-refractivity contribution in [2.24, 2.45) is 11.3 Å². The van der Waals surface area contributed by atoms with E-state index in [9.17, 15) is 0 Å². The topological polar surface area (TPSA) is 12.5 Å². The lowest BCUT2D eigenvalue weighted by Crippen LogP contribution is -2.26. The van der Waals surface area contributed by atoms with Gasteiger partial charge in [-0.05, 0) is 7.05 Å². The Hall–Kier alpha value is -0.340. The van der Waals surface area contributed by atoms with Gasteiger partial charge in [0.1, 0.15) is 0 Å². The third-order valence-corrected chi connectivity index (χ3v) is 3.01. The molecule has 0 aliphatic carbocycles. The second-order valence-electron chi connectivity index (χ2n) is 3.85. The first-order chi connectivity index (χ1) is 5.27. The molecule has 2 aliphatic heterocycles. The van der Waals surface area contributed by atoms with Crippen LogP contribution < -0.4 is 0 Å². The van der Waals surface area contributed by atoms with E-state index in [1.807, 2.05) is 0 Å². The van der Waals surface area contributed by atoms with E-state index >= 15 is 0 Å². The molecule has 0 aromatic rings. The van der Waals surface area contributed by atoms with Crippen LogP contribution in [0.5, 0.6) is 0 Å². The Morgan fingerprint density at radius 1 is 1.73 bits per heavy atom. The van der Waals surface area contributed by atoms with Crippen LogP contribution in [0.3, 0.4) is 0 Å². The molecule has 2 aliphatic rings. The van der Waals surface area contributed by atoms with Crippen LogP contribution in [0, 0.1) is 11.3 Å². The number of hydrogen-bond donors (Lipinski definition) is 0. The third-order valence-electron chi connectivity index (χ3n) is 3.01. The molecule has 2 atom stereocenters. The van der Waals surface area contributed by atoms with Gasteiger partial charge in [0.15, 0.2) is 0 Å². The van der Waals surface area contributed by atoms with Crippen molar-refractivity contribution in [3.8, 4) is 0 Å². The van der Waals surface area contributed by atoms with Gasteiger partial charge in [0.2, 0.25) is 0 Å². The quantitative estimate of drug-likeness (QED) is 0.515. The third kappa shape index (κ3) is 0.932. The molecule has 0 N–H and O–H groups in total. The molecule has 0 amide bonds. The van der Waals surface area contributed by atoms with Crippen molar-refractivity contribution in [2.75, 3.05) is 33.4 Å². The zero-order chi connectivity index (χ0) is 7.90. The average molecular weight is 153 g/mol. The molecule has 2 saturated heterocycles. The average Bonchev–Trinajstić information content (AvgIpc) is 2.43. The van der Waals surface area contributed by atoms with E-state index in [1.54, 1.807) is 0 Å². The minimum absolute atomic E-state index is 0.286. The molecule has 0 aromatic carbocycles. The SMILES string of the molecule is C=C[C@]12COC[C@H]1CN(C)C2. The highest BCUT2D eigenvalue weighted by atomic mass is 16.5. The Morgan fingerprint density at radius 3 is 3.18 bits per heavy atom. The van der Waals surface area contributed by atoms with Crippen LogP contribution in [0.4, 0.5) is 0 Å². The Balaban J connectivity index is 2.21. The maximum Gasteiger partial charge on any atom is 0.0573 e.